The maximum absolute atomic E-state index is 13.2. The lowest BCUT2D eigenvalue weighted by Gasteiger charge is -2.17. The lowest BCUT2D eigenvalue weighted by atomic mass is 10.0. The van der Waals surface area contributed by atoms with Crippen LogP contribution in [-0.4, -0.2) is 17.3 Å². The first-order chi connectivity index (χ1) is 18.1. The number of carbonyl (C=O) groups is 1. The van der Waals surface area contributed by atoms with Gasteiger partial charge in [-0.25, -0.2) is 0 Å². The number of methoxy groups -OCH3 is 1. The average Bonchev–Trinajstić information content (AvgIpc) is 3.16. The molecule has 0 N–H and O–H groups in total. The number of thioether (sulfide) groups is 1. The third kappa shape index (κ3) is 6.23. The molecule has 1 amide bonds. The van der Waals surface area contributed by atoms with Gasteiger partial charge in [0, 0.05) is 10.6 Å². The van der Waals surface area contributed by atoms with Crippen molar-refractivity contribution in [1.82, 2.24) is 0 Å². The number of rotatable bonds is 8. The Morgan fingerprint density at radius 2 is 1.87 bits per heavy atom. The van der Waals surface area contributed by atoms with Crippen molar-refractivity contribution in [1.29, 1.82) is 0 Å². The van der Waals surface area contributed by atoms with Gasteiger partial charge >= 0.3 is 6.18 Å². The lowest BCUT2D eigenvalue weighted by Crippen LogP contribution is -2.27. The smallest absolute Gasteiger partial charge is 0.416 e. The molecule has 3 aromatic carbocycles. The van der Waals surface area contributed by atoms with Crippen LogP contribution in [0.5, 0.6) is 11.5 Å². The molecule has 0 aliphatic carbocycles. The van der Waals surface area contributed by atoms with Crippen molar-refractivity contribution >= 4 is 57.6 Å². The number of hydrogen-bond acceptors (Lipinski definition) is 5. The molecule has 0 atom stereocenters. The summed E-state index contributed by atoms with van der Waals surface area (Å²) in [6.07, 6.45) is -0.716. The normalized spacial score (nSPS) is 14.8. The first-order valence-corrected chi connectivity index (χ1v) is 12.8. The highest BCUT2D eigenvalue weighted by Crippen LogP contribution is 2.40. The highest BCUT2D eigenvalue weighted by atomic mass is 35.5. The highest BCUT2D eigenvalue weighted by Gasteiger charge is 2.36. The van der Waals surface area contributed by atoms with Crippen LogP contribution in [-0.2, 0) is 24.0 Å². The lowest BCUT2D eigenvalue weighted by molar-refractivity contribution is -0.137. The third-order valence-corrected chi connectivity index (χ3v) is 7.11. The minimum atomic E-state index is -4.54. The molecule has 1 heterocycles. The Hall–Kier alpha value is -3.27. The number of alkyl halides is 3. The van der Waals surface area contributed by atoms with Crippen LogP contribution in [0, 0.1) is 0 Å². The standard InChI is InChI=1S/C28H21ClF3NO3S2/c1-3-5-19-12-18(13-23(35-2)25(19)36-16-17-8-10-21(29)11-9-17)14-24-26(34)33(27(37)38-24)22-7-4-6-20(15-22)28(30,31)32/h3-4,6-15H,1,5,16H2,2H3/b24-14+. The monoisotopic (exact) mass is 575 g/mol. The Labute approximate surface area is 232 Å². The molecule has 10 heteroatoms. The number of hydrogen-bond donors (Lipinski definition) is 0. The number of amides is 1. The fraction of sp³-hybridized carbons (Fsp3) is 0.143. The predicted octanol–water partition coefficient (Wildman–Crippen LogP) is 8.08. The Morgan fingerprint density at radius 3 is 2.53 bits per heavy atom. The van der Waals surface area contributed by atoms with Crippen LogP contribution in [0.3, 0.4) is 0 Å². The van der Waals surface area contributed by atoms with Crippen LogP contribution in [0.15, 0.2) is 78.2 Å². The molecule has 0 saturated carbocycles. The zero-order valence-electron chi connectivity index (χ0n) is 20.0. The summed E-state index contributed by atoms with van der Waals surface area (Å²) < 4.78 is 51.4. The zero-order chi connectivity index (χ0) is 27.4. The molecule has 0 spiro atoms. The summed E-state index contributed by atoms with van der Waals surface area (Å²) in [6.45, 7) is 4.10. The van der Waals surface area contributed by atoms with Crippen molar-refractivity contribution in [2.45, 2.75) is 19.2 Å². The Bertz CT molecular complexity index is 1420. The predicted molar refractivity (Wildman–Crippen MR) is 150 cm³/mol. The van der Waals surface area contributed by atoms with E-state index in [-0.39, 0.29) is 21.5 Å². The first kappa shape index (κ1) is 27.8. The molecule has 0 aromatic heterocycles. The summed E-state index contributed by atoms with van der Waals surface area (Å²) in [4.78, 5) is 14.6. The number of halogens is 4. The summed E-state index contributed by atoms with van der Waals surface area (Å²) in [5.74, 6) is 0.487. The van der Waals surface area contributed by atoms with Crippen molar-refractivity contribution < 1.29 is 27.4 Å². The summed E-state index contributed by atoms with van der Waals surface area (Å²) in [7, 11) is 1.51. The topological polar surface area (TPSA) is 38.8 Å². The van der Waals surface area contributed by atoms with Crippen molar-refractivity contribution in [2.75, 3.05) is 12.0 Å². The van der Waals surface area contributed by atoms with E-state index in [9.17, 15) is 18.0 Å². The van der Waals surface area contributed by atoms with Crippen LogP contribution in [0.2, 0.25) is 5.02 Å². The van der Waals surface area contributed by atoms with E-state index in [2.05, 4.69) is 6.58 Å². The fourth-order valence-corrected chi connectivity index (χ4v) is 5.21. The number of nitrogens with zero attached hydrogens (tertiary/aromatic N) is 1. The van der Waals surface area contributed by atoms with Gasteiger partial charge in [-0.3, -0.25) is 9.69 Å². The van der Waals surface area contributed by atoms with E-state index in [0.29, 0.717) is 28.5 Å². The van der Waals surface area contributed by atoms with Crippen LogP contribution in [0.1, 0.15) is 22.3 Å². The first-order valence-electron chi connectivity index (χ1n) is 11.2. The molecule has 0 radical (unpaired) electrons. The number of carbonyl (C=O) groups excluding carboxylic acids is 1. The maximum atomic E-state index is 13.2. The summed E-state index contributed by atoms with van der Waals surface area (Å²) in [5, 5.41) is 0.626. The van der Waals surface area contributed by atoms with E-state index in [1.807, 2.05) is 18.2 Å². The largest absolute Gasteiger partial charge is 0.493 e. The SMILES string of the molecule is C=CCc1cc(/C=C2/SC(=S)N(c3cccc(C(F)(F)F)c3)C2=O)cc(OC)c1OCc1ccc(Cl)cc1. The van der Waals surface area contributed by atoms with Crippen LogP contribution in [0.25, 0.3) is 6.08 Å². The van der Waals surface area contributed by atoms with Crippen molar-refractivity contribution in [3.8, 4) is 11.5 Å². The number of ether oxygens (including phenoxy) is 2. The Balaban J connectivity index is 1.64. The zero-order valence-corrected chi connectivity index (χ0v) is 22.4. The Morgan fingerprint density at radius 1 is 1.13 bits per heavy atom. The van der Waals surface area contributed by atoms with Crippen molar-refractivity contribution in [2.24, 2.45) is 0 Å². The van der Waals surface area contributed by atoms with Crippen LogP contribution >= 0.6 is 35.6 Å². The van der Waals surface area contributed by atoms with Gasteiger partial charge in [0.25, 0.3) is 5.91 Å². The van der Waals surface area contributed by atoms with E-state index >= 15 is 0 Å². The number of thiocarbonyl (C=S) groups is 1. The van der Waals surface area contributed by atoms with Crippen molar-refractivity contribution in [3.05, 3.63) is 106 Å². The van der Waals surface area contributed by atoms with Crippen LogP contribution in [0.4, 0.5) is 18.9 Å². The average molecular weight is 576 g/mol. The van der Waals surface area contributed by atoms with E-state index in [1.165, 1.54) is 19.2 Å². The third-order valence-electron chi connectivity index (χ3n) is 5.56. The van der Waals surface area contributed by atoms with Gasteiger partial charge in [-0.15, -0.1) is 6.58 Å². The second-order valence-electron chi connectivity index (χ2n) is 8.18. The molecule has 0 bridgehead atoms. The number of benzene rings is 3. The van der Waals surface area contributed by atoms with Gasteiger partial charge in [-0.2, -0.15) is 13.2 Å². The van der Waals surface area contributed by atoms with Gasteiger partial charge in [0.15, 0.2) is 15.8 Å². The summed E-state index contributed by atoms with van der Waals surface area (Å²) in [6, 6.07) is 15.4. The number of anilines is 1. The van der Waals surface area contributed by atoms with Gasteiger partial charge in [-0.05, 0) is 66.1 Å². The molecule has 0 unspecified atom stereocenters. The molecule has 196 valence electrons. The van der Waals surface area contributed by atoms with Crippen LogP contribution < -0.4 is 14.4 Å². The molecule has 3 aromatic rings. The Kier molecular flexibility index (Phi) is 8.50. The van der Waals surface area contributed by atoms with Gasteiger partial charge in [0.05, 0.1) is 23.3 Å². The van der Waals surface area contributed by atoms with Gasteiger partial charge in [0.1, 0.15) is 6.61 Å². The minimum absolute atomic E-state index is 0.0570. The highest BCUT2D eigenvalue weighted by molar-refractivity contribution is 8.27. The van der Waals surface area contributed by atoms with E-state index in [4.69, 9.17) is 33.3 Å². The second kappa shape index (κ2) is 11.6. The number of allylic oxidation sites excluding steroid dienone is 1. The molecular weight excluding hydrogens is 555 g/mol. The fourth-order valence-electron chi connectivity index (χ4n) is 3.79. The molecule has 1 saturated heterocycles. The molecule has 4 rings (SSSR count). The molecular formula is C28H21ClF3NO3S2. The second-order valence-corrected chi connectivity index (χ2v) is 10.3. The quantitative estimate of drug-likeness (QED) is 0.154. The van der Waals surface area contributed by atoms with Crippen molar-refractivity contribution in [3.63, 3.8) is 0 Å². The maximum Gasteiger partial charge on any atom is 0.416 e. The minimum Gasteiger partial charge on any atom is -0.493 e. The van der Waals surface area contributed by atoms with Gasteiger partial charge < -0.3 is 9.47 Å². The molecule has 38 heavy (non-hydrogen) atoms. The summed E-state index contributed by atoms with van der Waals surface area (Å²) in [5.41, 5.74) is 1.54. The molecule has 1 aliphatic rings. The van der Waals surface area contributed by atoms with E-state index < -0.39 is 17.6 Å². The van der Waals surface area contributed by atoms with Gasteiger partial charge in [-0.1, -0.05) is 59.9 Å². The van der Waals surface area contributed by atoms with Gasteiger partial charge in [0.2, 0.25) is 0 Å². The molecule has 4 nitrogen and oxygen atoms in total. The molecule has 1 aliphatic heterocycles. The summed E-state index contributed by atoms with van der Waals surface area (Å²) >= 11 is 12.3. The van der Waals surface area contributed by atoms with E-state index in [1.54, 1.807) is 30.4 Å². The molecule has 1 fully saturated rings. The van der Waals surface area contributed by atoms with E-state index in [0.717, 1.165) is 39.9 Å².